The van der Waals surface area contributed by atoms with E-state index in [1.165, 1.54) is 0 Å². The van der Waals surface area contributed by atoms with Crippen molar-refractivity contribution in [2.75, 3.05) is 36.4 Å². The minimum atomic E-state index is -0.187. The van der Waals surface area contributed by atoms with Gasteiger partial charge in [-0.15, -0.1) is 0 Å². The molecule has 0 unspecified atom stereocenters. The molecule has 2 aromatic carbocycles. The van der Waals surface area contributed by atoms with Gasteiger partial charge in [0, 0.05) is 42.5 Å². The van der Waals surface area contributed by atoms with Crippen LogP contribution < -0.4 is 10.2 Å². The maximum atomic E-state index is 12.7. The van der Waals surface area contributed by atoms with Crippen LogP contribution in [0.25, 0.3) is 0 Å². The van der Waals surface area contributed by atoms with E-state index in [0.717, 1.165) is 22.8 Å². The molecule has 1 aliphatic heterocycles. The third-order valence-corrected chi connectivity index (χ3v) is 5.87. The second kappa shape index (κ2) is 9.44. The Morgan fingerprint density at radius 2 is 1.69 bits per heavy atom. The lowest BCUT2D eigenvalue weighted by Crippen LogP contribution is -2.49. The number of rotatable bonds is 5. The molecule has 0 radical (unpaired) electrons. The van der Waals surface area contributed by atoms with Crippen molar-refractivity contribution in [2.24, 2.45) is 0 Å². The normalized spacial score (nSPS) is 13.8. The van der Waals surface area contributed by atoms with Crippen molar-refractivity contribution in [3.05, 3.63) is 76.6 Å². The zero-order valence-electron chi connectivity index (χ0n) is 18.2. The number of nitrogens with one attached hydrogen (secondary N) is 1. The van der Waals surface area contributed by atoms with Gasteiger partial charge in [0.05, 0.1) is 17.1 Å². The number of hydrogen-bond donors (Lipinski definition) is 1. The van der Waals surface area contributed by atoms with E-state index in [2.05, 4.69) is 15.3 Å². The van der Waals surface area contributed by atoms with Gasteiger partial charge in [-0.25, -0.2) is 0 Å². The quantitative estimate of drug-likeness (QED) is 0.641. The van der Waals surface area contributed by atoms with Gasteiger partial charge in [0.15, 0.2) is 0 Å². The predicted octanol–water partition coefficient (Wildman–Crippen LogP) is 3.75. The monoisotopic (exact) mass is 451 g/mol. The average molecular weight is 452 g/mol. The molecule has 1 aliphatic rings. The minimum Gasteiger partial charge on any atom is -0.366 e. The zero-order valence-corrected chi connectivity index (χ0v) is 19.0. The lowest BCUT2D eigenvalue weighted by molar-refractivity contribution is -0.132. The summed E-state index contributed by atoms with van der Waals surface area (Å²) in [5.41, 5.74) is 4.14. The molecular formula is C24H26ClN5O2. The highest BCUT2D eigenvalue weighted by atomic mass is 35.5. The van der Waals surface area contributed by atoms with Crippen molar-refractivity contribution in [3.63, 3.8) is 0 Å². The smallest absolute Gasteiger partial charge is 0.255 e. The van der Waals surface area contributed by atoms with Crippen LogP contribution in [-0.2, 0) is 11.3 Å². The van der Waals surface area contributed by atoms with E-state index in [1.807, 2.05) is 49.1 Å². The van der Waals surface area contributed by atoms with Crippen LogP contribution in [0.4, 0.5) is 11.4 Å². The van der Waals surface area contributed by atoms with Crippen molar-refractivity contribution < 1.29 is 9.59 Å². The lowest BCUT2D eigenvalue weighted by Gasteiger charge is -2.37. The third kappa shape index (κ3) is 4.94. The van der Waals surface area contributed by atoms with Crippen molar-refractivity contribution in [3.8, 4) is 0 Å². The summed E-state index contributed by atoms with van der Waals surface area (Å²) in [5.74, 6) is -0.118. The van der Waals surface area contributed by atoms with Crippen LogP contribution in [0, 0.1) is 13.8 Å². The molecule has 1 fully saturated rings. The number of para-hydroxylation sites is 2. The standard InChI is InChI=1S/C24H26ClN5O2/c1-17-15-18(2)30(27-17)16-23(31)29-13-11-28(12-14-29)22-6-4-3-5-21(22)26-24(32)19-7-9-20(25)10-8-19/h3-10,15H,11-14,16H2,1-2H3,(H,26,32). The number of anilines is 2. The van der Waals surface area contributed by atoms with E-state index in [0.29, 0.717) is 36.8 Å². The van der Waals surface area contributed by atoms with E-state index in [-0.39, 0.29) is 18.4 Å². The van der Waals surface area contributed by atoms with Gasteiger partial charge in [-0.1, -0.05) is 23.7 Å². The van der Waals surface area contributed by atoms with Gasteiger partial charge in [0.1, 0.15) is 6.54 Å². The van der Waals surface area contributed by atoms with Gasteiger partial charge < -0.3 is 15.1 Å². The fraction of sp³-hybridized carbons (Fsp3) is 0.292. The van der Waals surface area contributed by atoms with E-state index < -0.39 is 0 Å². The molecule has 0 spiro atoms. The fourth-order valence-electron chi connectivity index (χ4n) is 3.91. The van der Waals surface area contributed by atoms with Gasteiger partial charge >= 0.3 is 0 Å². The number of amides is 2. The number of benzene rings is 2. The summed E-state index contributed by atoms with van der Waals surface area (Å²) < 4.78 is 1.76. The Morgan fingerprint density at radius 3 is 2.34 bits per heavy atom. The van der Waals surface area contributed by atoms with Crippen LogP contribution in [0.2, 0.25) is 5.02 Å². The van der Waals surface area contributed by atoms with Crippen LogP contribution in [-0.4, -0.2) is 52.7 Å². The Hall–Kier alpha value is -3.32. The number of aromatic nitrogens is 2. The first kappa shape index (κ1) is 21.9. The zero-order chi connectivity index (χ0) is 22.7. The Balaban J connectivity index is 1.39. The number of nitrogens with zero attached hydrogens (tertiary/aromatic N) is 4. The molecule has 0 saturated carbocycles. The maximum Gasteiger partial charge on any atom is 0.255 e. The predicted molar refractivity (Wildman–Crippen MR) is 126 cm³/mol. The molecule has 3 aromatic rings. The Bertz CT molecular complexity index is 1120. The van der Waals surface area contributed by atoms with E-state index >= 15 is 0 Å². The highest BCUT2D eigenvalue weighted by Crippen LogP contribution is 2.27. The first-order valence-corrected chi connectivity index (χ1v) is 11.0. The van der Waals surface area contributed by atoms with Crippen molar-refractivity contribution in [1.82, 2.24) is 14.7 Å². The van der Waals surface area contributed by atoms with E-state index in [1.54, 1.807) is 28.9 Å². The maximum absolute atomic E-state index is 12.7. The topological polar surface area (TPSA) is 70.5 Å². The second-order valence-electron chi connectivity index (χ2n) is 7.93. The molecule has 0 bridgehead atoms. The Labute approximate surface area is 192 Å². The number of piperazine rings is 1. The first-order valence-electron chi connectivity index (χ1n) is 10.6. The molecule has 1 saturated heterocycles. The van der Waals surface area contributed by atoms with Gasteiger partial charge in [-0.2, -0.15) is 5.10 Å². The molecule has 2 amide bonds. The Kier molecular flexibility index (Phi) is 6.46. The summed E-state index contributed by atoms with van der Waals surface area (Å²) in [6, 6.07) is 16.5. The van der Waals surface area contributed by atoms with E-state index in [4.69, 9.17) is 11.6 Å². The van der Waals surface area contributed by atoms with Crippen LogP contribution >= 0.6 is 11.6 Å². The number of aryl methyl sites for hydroxylation is 2. The summed E-state index contributed by atoms with van der Waals surface area (Å²) in [6.07, 6.45) is 0. The summed E-state index contributed by atoms with van der Waals surface area (Å²) in [7, 11) is 0. The summed E-state index contributed by atoms with van der Waals surface area (Å²) in [5, 5.41) is 7.98. The molecule has 166 valence electrons. The van der Waals surface area contributed by atoms with Crippen LogP contribution in [0.15, 0.2) is 54.6 Å². The molecule has 0 atom stereocenters. The molecule has 32 heavy (non-hydrogen) atoms. The van der Waals surface area contributed by atoms with Crippen molar-refractivity contribution >= 4 is 34.8 Å². The highest BCUT2D eigenvalue weighted by Gasteiger charge is 2.23. The number of carbonyl (C=O) groups excluding carboxylic acids is 2. The number of hydrogen-bond acceptors (Lipinski definition) is 4. The largest absolute Gasteiger partial charge is 0.366 e. The molecular weight excluding hydrogens is 426 g/mol. The second-order valence-corrected chi connectivity index (χ2v) is 8.37. The van der Waals surface area contributed by atoms with Gasteiger partial charge in [-0.3, -0.25) is 14.3 Å². The number of carbonyl (C=O) groups is 2. The molecule has 2 heterocycles. The molecule has 1 N–H and O–H groups in total. The molecule has 0 aliphatic carbocycles. The first-order chi connectivity index (χ1) is 15.4. The lowest BCUT2D eigenvalue weighted by atomic mass is 10.1. The molecule has 8 heteroatoms. The van der Waals surface area contributed by atoms with Crippen molar-refractivity contribution in [1.29, 1.82) is 0 Å². The van der Waals surface area contributed by atoms with E-state index in [9.17, 15) is 9.59 Å². The highest BCUT2D eigenvalue weighted by molar-refractivity contribution is 6.30. The van der Waals surface area contributed by atoms with Crippen LogP contribution in [0.5, 0.6) is 0 Å². The summed E-state index contributed by atoms with van der Waals surface area (Å²) in [6.45, 7) is 6.77. The average Bonchev–Trinajstić information content (AvgIpc) is 3.11. The van der Waals surface area contributed by atoms with Crippen LogP contribution in [0.1, 0.15) is 21.7 Å². The van der Waals surface area contributed by atoms with Crippen LogP contribution in [0.3, 0.4) is 0 Å². The molecule has 1 aromatic heterocycles. The van der Waals surface area contributed by atoms with Gasteiger partial charge in [-0.05, 0) is 56.3 Å². The SMILES string of the molecule is Cc1cc(C)n(CC(=O)N2CCN(c3ccccc3NC(=O)c3ccc(Cl)cc3)CC2)n1. The third-order valence-electron chi connectivity index (χ3n) is 5.62. The number of halogens is 1. The fourth-order valence-corrected chi connectivity index (χ4v) is 4.04. The summed E-state index contributed by atoms with van der Waals surface area (Å²) >= 11 is 5.92. The summed E-state index contributed by atoms with van der Waals surface area (Å²) in [4.78, 5) is 29.5. The van der Waals surface area contributed by atoms with Crippen molar-refractivity contribution in [2.45, 2.75) is 20.4 Å². The van der Waals surface area contributed by atoms with Gasteiger partial charge in [0.2, 0.25) is 5.91 Å². The molecule has 7 nitrogen and oxygen atoms in total. The van der Waals surface area contributed by atoms with Gasteiger partial charge in [0.25, 0.3) is 5.91 Å². The Morgan fingerprint density at radius 1 is 1.00 bits per heavy atom. The minimum absolute atomic E-state index is 0.0696. The molecule has 4 rings (SSSR count).